The molecule has 1 atom stereocenters. The van der Waals surface area contributed by atoms with Gasteiger partial charge in [0.25, 0.3) is 0 Å². The summed E-state index contributed by atoms with van der Waals surface area (Å²) in [7, 11) is 1.58. The molecule has 4 nitrogen and oxygen atoms in total. The van der Waals surface area contributed by atoms with Crippen molar-refractivity contribution in [2.75, 3.05) is 7.11 Å². The maximum atomic E-state index is 9.96. The Morgan fingerprint density at radius 3 is 2.63 bits per heavy atom. The van der Waals surface area contributed by atoms with Gasteiger partial charge in [-0.05, 0) is 30.7 Å². The predicted octanol–water partition coefficient (Wildman–Crippen LogP) is 2.65. The number of hydrogen-bond donors (Lipinski definition) is 2. The van der Waals surface area contributed by atoms with Gasteiger partial charge >= 0.3 is 0 Å². The number of nitrogens with one attached hydrogen (secondary N) is 1. The third kappa shape index (κ3) is 3.45. The van der Waals surface area contributed by atoms with Crippen molar-refractivity contribution in [1.82, 2.24) is 10.3 Å². The molecule has 2 rings (SSSR count). The molecule has 1 aromatic carbocycles. The zero-order chi connectivity index (χ0) is 13.7. The van der Waals surface area contributed by atoms with Crippen LogP contribution in [0.25, 0.3) is 0 Å². The minimum absolute atomic E-state index is 0.0547. The lowest BCUT2D eigenvalue weighted by atomic mass is 10.1. The van der Waals surface area contributed by atoms with Crippen LogP contribution in [0, 0.1) is 0 Å². The molecule has 0 saturated heterocycles. The summed E-state index contributed by atoms with van der Waals surface area (Å²) in [5.74, 6) is 0.900. The Kier molecular flexibility index (Phi) is 4.36. The third-order valence-corrected chi connectivity index (χ3v) is 3.07. The minimum Gasteiger partial charge on any atom is -0.507 e. The van der Waals surface area contributed by atoms with E-state index in [2.05, 4.69) is 10.3 Å². The number of hydrogen-bond acceptors (Lipinski definition) is 4. The maximum Gasteiger partial charge on any atom is 0.124 e. The molecule has 0 fully saturated rings. The number of ether oxygens (including phenoxy) is 1. The topological polar surface area (TPSA) is 54.4 Å². The highest BCUT2D eigenvalue weighted by molar-refractivity contribution is 5.41. The highest BCUT2D eigenvalue weighted by atomic mass is 16.5. The van der Waals surface area contributed by atoms with Gasteiger partial charge < -0.3 is 15.2 Å². The van der Waals surface area contributed by atoms with E-state index in [1.807, 2.05) is 31.2 Å². The number of pyridine rings is 1. The van der Waals surface area contributed by atoms with Crippen molar-refractivity contribution in [1.29, 1.82) is 0 Å². The molecule has 0 aliphatic heterocycles. The van der Waals surface area contributed by atoms with Crippen LogP contribution in [0.5, 0.6) is 11.5 Å². The number of benzene rings is 1. The summed E-state index contributed by atoms with van der Waals surface area (Å²) in [6, 6.07) is 9.33. The molecule has 0 bridgehead atoms. The molecule has 0 aliphatic rings. The molecule has 0 amide bonds. The molecule has 1 unspecified atom stereocenters. The molecular formula is C15H18N2O2. The smallest absolute Gasteiger partial charge is 0.124 e. The van der Waals surface area contributed by atoms with E-state index in [1.54, 1.807) is 25.6 Å². The van der Waals surface area contributed by atoms with E-state index in [0.717, 1.165) is 17.7 Å². The maximum absolute atomic E-state index is 9.96. The molecule has 1 aromatic heterocycles. The average molecular weight is 258 g/mol. The van der Waals surface area contributed by atoms with Gasteiger partial charge in [-0.15, -0.1) is 0 Å². The van der Waals surface area contributed by atoms with Gasteiger partial charge in [-0.25, -0.2) is 0 Å². The number of aromatic hydroxyl groups is 1. The van der Waals surface area contributed by atoms with E-state index in [4.69, 9.17) is 4.74 Å². The van der Waals surface area contributed by atoms with Crippen LogP contribution in [-0.4, -0.2) is 17.2 Å². The van der Waals surface area contributed by atoms with Crippen LogP contribution in [0.1, 0.15) is 24.1 Å². The van der Waals surface area contributed by atoms with Crippen LogP contribution < -0.4 is 10.1 Å². The summed E-state index contributed by atoms with van der Waals surface area (Å²) in [6.07, 6.45) is 3.54. The molecule has 1 heterocycles. The van der Waals surface area contributed by atoms with Crippen LogP contribution in [0.4, 0.5) is 0 Å². The fourth-order valence-electron chi connectivity index (χ4n) is 1.90. The van der Waals surface area contributed by atoms with Crippen molar-refractivity contribution in [2.24, 2.45) is 0 Å². The molecule has 100 valence electrons. The summed E-state index contributed by atoms with van der Waals surface area (Å²) < 4.78 is 5.07. The Hall–Kier alpha value is -2.07. The van der Waals surface area contributed by atoms with Crippen molar-refractivity contribution in [2.45, 2.75) is 19.5 Å². The van der Waals surface area contributed by atoms with Gasteiger partial charge in [-0.3, -0.25) is 4.98 Å². The Morgan fingerprint density at radius 1 is 1.26 bits per heavy atom. The van der Waals surface area contributed by atoms with Gasteiger partial charge in [0.15, 0.2) is 0 Å². The lowest BCUT2D eigenvalue weighted by molar-refractivity contribution is 0.404. The highest BCUT2D eigenvalue weighted by Crippen LogP contribution is 2.28. The fraction of sp³-hybridized carbons (Fsp3) is 0.267. The molecule has 4 heteroatoms. The highest BCUT2D eigenvalue weighted by Gasteiger charge is 2.10. The largest absolute Gasteiger partial charge is 0.507 e. The van der Waals surface area contributed by atoms with Gasteiger partial charge in [0.2, 0.25) is 0 Å². The van der Waals surface area contributed by atoms with Crippen molar-refractivity contribution in [3.63, 3.8) is 0 Å². The van der Waals surface area contributed by atoms with Crippen molar-refractivity contribution in [3.05, 3.63) is 53.9 Å². The zero-order valence-electron chi connectivity index (χ0n) is 11.1. The van der Waals surface area contributed by atoms with E-state index in [9.17, 15) is 5.11 Å². The second kappa shape index (κ2) is 6.20. The number of aromatic nitrogens is 1. The molecule has 0 aliphatic carbocycles. The van der Waals surface area contributed by atoms with Gasteiger partial charge in [-0.1, -0.05) is 6.07 Å². The summed E-state index contributed by atoms with van der Waals surface area (Å²) in [6.45, 7) is 2.75. The quantitative estimate of drug-likeness (QED) is 0.865. The Morgan fingerprint density at radius 2 is 2.00 bits per heavy atom. The SMILES string of the molecule is COc1ccc(C(C)NCc2ccncc2)c(O)c1. The second-order valence-corrected chi connectivity index (χ2v) is 4.38. The lowest BCUT2D eigenvalue weighted by Gasteiger charge is -2.16. The van der Waals surface area contributed by atoms with E-state index < -0.39 is 0 Å². The predicted molar refractivity (Wildman–Crippen MR) is 74.2 cm³/mol. The first-order valence-electron chi connectivity index (χ1n) is 6.20. The number of phenolic OH excluding ortho intramolecular Hbond substituents is 1. The van der Waals surface area contributed by atoms with Gasteiger partial charge in [0, 0.05) is 36.6 Å². The first-order valence-corrected chi connectivity index (χ1v) is 6.20. The Labute approximate surface area is 113 Å². The summed E-state index contributed by atoms with van der Waals surface area (Å²) in [5, 5.41) is 13.3. The second-order valence-electron chi connectivity index (χ2n) is 4.38. The van der Waals surface area contributed by atoms with Crippen LogP contribution in [-0.2, 0) is 6.54 Å². The normalized spacial score (nSPS) is 12.1. The van der Waals surface area contributed by atoms with E-state index >= 15 is 0 Å². The number of phenols is 1. The van der Waals surface area contributed by atoms with Crippen molar-refractivity contribution in [3.8, 4) is 11.5 Å². The number of rotatable bonds is 5. The first kappa shape index (κ1) is 13.4. The van der Waals surface area contributed by atoms with E-state index in [0.29, 0.717) is 5.75 Å². The van der Waals surface area contributed by atoms with Crippen LogP contribution in [0.3, 0.4) is 0 Å². The molecule has 0 spiro atoms. The number of methoxy groups -OCH3 is 1. The molecule has 0 saturated carbocycles. The monoisotopic (exact) mass is 258 g/mol. The zero-order valence-corrected chi connectivity index (χ0v) is 11.1. The van der Waals surface area contributed by atoms with Gasteiger partial charge in [0.1, 0.15) is 11.5 Å². The summed E-state index contributed by atoms with van der Waals surface area (Å²) in [4.78, 5) is 3.98. The molecular weight excluding hydrogens is 240 g/mol. The molecule has 2 N–H and O–H groups in total. The number of nitrogens with zero attached hydrogens (tertiary/aromatic N) is 1. The van der Waals surface area contributed by atoms with Crippen molar-refractivity contribution >= 4 is 0 Å². The summed E-state index contributed by atoms with van der Waals surface area (Å²) in [5.41, 5.74) is 2.02. The van der Waals surface area contributed by atoms with Gasteiger partial charge in [0.05, 0.1) is 7.11 Å². The first-order chi connectivity index (χ1) is 9.20. The Balaban J connectivity index is 2.02. The Bertz CT molecular complexity index is 529. The molecule has 19 heavy (non-hydrogen) atoms. The van der Waals surface area contributed by atoms with Crippen LogP contribution in [0.15, 0.2) is 42.7 Å². The van der Waals surface area contributed by atoms with Gasteiger partial charge in [-0.2, -0.15) is 0 Å². The minimum atomic E-state index is 0.0547. The lowest BCUT2D eigenvalue weighted by Crippen LogP contribution is -2.18. The molecule has 2 aromatic rings. The fourth-order valence-corrected chi connectivity index (χ4v) is 1.90. The molecule has 0 radical (unpaired) electrons. The third-order valence-electron chi connectivity index (χ3n) is 3.07. The summed E-state index contributed by atoms with van der Waals surface area (Å²) >= 11 is 0. The van der Waals surface area contributed by atoms with E-state index in [-0.39, 0.29) is 11.8 Å². The van der Waals surface area contributed by atoms with Crippen molar-refractivity contribution < 1.29 is 9.84 Å². The van der Waals surface area contributed by atoms with Crippen LogP contribution >= 0.6 is 0 Å². The standard InChI is InChI=1S/C15H18N2O2/c1-11(17-10-12-5-7-16-8-6-12)14-4-3-13(19-2)9-15(14)18/h3-9,11,17-18H,10H2,1-2H3. The van der Waals surface area contributed by atoms with Crippen LogP contribution in [0.2, 0.25) is 0 Å². The van der Waals surface area contributed by atoms with E-state index in [1.165, 1.54) is 0 Å². The average Bonchev–Trinajstić information content (AvgIpc) is 2.45.